The molecule has 0 aliphatic rings. The topological polar surface area (TPSA) is 46.3 Å². The SMILES string of the molecule is CCOC(CNCc1cc(C)c2[nH]c3ccccc3c2c1C)OCC. The van der Waals surface area contributed by atoms with E-state index in [0.717, 1.165) is 6.54 Å². The molecule has 134 valence electrons. The van der Waals surface area contributed by atoms with Crippen LogP contribution in [-0.4, -0.2) is 31.0 Å². The molecule has 2 N–H and O–H groups in total. The minimum absolute atomic E-state index is 0.187. The Bertz CT molecular complexity index is 848. The van der Waals surface area contributed by atoms with Crippen LogP contribution in [0.15, 0.2) is 30.3 Å². The number of ether oxygens (including phenoxy) is 2. The van der Waals surface area contributed by atoms with Crippen LogP contribution < -0.4 is 5.32 Å². The standard InChI is InChI=1S/C21H28N2O2/c1-5-24-19(25-6-2)13-22-12-16-11-14(3)21-20(15(16)4)17-9-7-8-10-18(17)23-21/h7-11,19,22-23H,5-6,12-13H2,1-4H3. The van der Waals surface area contributed by atoms with Gasteiger partial charge in [-0.25, -0.2) is 0 Å². The zero-order chi connectivity index (χ0) is 17.8. The second-order valence-corrected chi connectivity index (χ2v) is 6.37. The predicted octanol–water partition coefficient (Wildman–Crippen LogP) is 4.43. The predicted molar refractivity (Wildman–Crippen MR) is 104 cm³/mol. The smallest absolute Gasteiger partial charge is 0.169 e. The molecule has 0 unspecified atom stereocenters. The zero-order valence-corrected chi connectivity index (χ0v) is 15.6. The van der Waals surface area contributed by atoms with Gasteiger partial charge >= 0.3 is 0 Å². The van der Waals surface area contributed by atoms with Gasteiger partial charge in [0.2, 0.25) is 0 Å². The van der Waals surface area contributed by atoms with Crippen molar-refractivity contribution in [3.63, 3.8) is 0 Å². The van der Waals surface area contributed by atoms with Crippen LogP contribution in [0.3, 0.4) is 0 Å². The molecule has 0 spiro atoms. The molecular formula is C21H28N2O2. The Balaban J connectivity index is 1.84. The van der Waals surface area contributed by atoms with Crippen molar-refractivity contribution in [3.05, 3.63) is 47.0 Å². The fraction of sp³-hybridized carbons (Fsp3) is 0.429. The average molecular weight is 340 g/mol. The number of nitrogens with one attached hydrogen (secondary N) is 2. The van der Waals surface area contributed by atoms with Gasteiger partial charge in [0.15, 0.2) is 6.29 Å². The van der Waals surface area contributed by atoms with E-state index in [1.54, 1.807) is 0 Å². The molecule has 0 radical (unpaired) electrons. The molecule has 0 aliphatic carbocycles. The third-order valence-corrected chi connectivity index (χ3v) is 4.68. The number of fused-ring (bicyclic) bond motifs is 3. The Morgan fingerprint density at radius 3 is 2.52 bits per heavy atom. The summed E-state index contributed by atoms with van der Waals surface area (Å²) in [7, 11) is 0. The summed E-state index contributed by atoms with van der Waals surface area (Å²) in [5.41, 5.74) is 6.36. The largest absolute Gasteiger partial charge is 0.354 e. The number of hydrogen-bond donors (Lipinski definition) is 2. The molecule has 4 heteroatoms. The lowest BCUT2D eigenvalue weighted by Crippen LogP contribution is -2.31. The molecule has 0 bridgehead atoms. The van der Waals surface area contributed by atoms with Crippen LogP contribution in [0.25, 0.3) is 21.8 Å². The van der Waals surface area contributed by atoms with Crippen LogP contribution in [0, 0.1) is 13.8 Å². The second-order valence-electron chi connectivity index (χ2n) is 6.37. The second kappa shape index (κ2) is 8.00. The maximum Gasteiger partial charge on any atom is 0.169 e. The maximum absolute atomic E-state index is 5.60. The molecule has 0 fully saturated rings. The molecule has 3 rings (SSSR count). The van der Waals surface area contributed by atoms with E-state index in [4.69, 9.17) is 9.47 Å². The van der Waals surface area contributed by atoms with Crippen molar-refractivity contribution < 1.29 is 9.47 Å². The molecule has 4 nitrogen and oxygen atoms in total. The zero-order valence-electron chi connectivity index (χ0n) is 15.6. The van der Waals surface area contributed by atoms with E-state index in [9.17, 15) is 0 Å². The van der Waals surface area contributed by atoms with Crippen molar-refractivity contribution in [3.8, 4) is 0 Å². The van der Waals surface area contributed by atoms with Gasteiger partial charge in [-0.3, -0.25) is 0 Å². The Labute approximate surface area is 149 Å². The highest BCUT2D eigenvalue weighted by Crippen LogP contribution is 2.32. The van der Waals surface area contributed by atoms with Gasteiger partial charge in [0.25, 0.3) is 0 Å². The van der Waals surface area contributed by atoms with Gasteiger partial charge in [0, 0.05) is 48.1 Å². The van der Waals surface area contributed by atoms with Crippen molar-refractivity contribution in [2.75, 3.05) is 19.8 Å². The normalized spacial score (nSPS) is 11.9. The van der Waals surface area contributed by atoms with E-state index in [2.05, 4.69) is 54.5 Å². The van der Waals surface area contributed by atoms with Gasteiger partial charge < -0.3 is 19.8 Å². The number of para-hydroxylation sites is 1. The fourth-order valence-electron chi connectivity index (χ4n) is 3.48. The van der Waals surface area contributed by atoms with Crippen molar-refractivity contribution in [1.29, 1.82) is 0 Å². The lowest BCUT2D eigenvalue weighted by atomic mass is 9.98. The lowest BCUT2D eigenvalue weighted by molar-refractivity contribution is -0.133. The summed E-state index contributed by atoms with van der Waals surface area (Å²) in [5, 5.41) is 6.11. The molecule has 25 heavy (non-hydrogen) atoms. The van der Waals surface area contributed by atoms with Gasteiger partial charge in [0.05, 0.1) is 0 Å². The average Bonchev–Trinajstić information content (AvgIpc) is 3.00. The molecule has 0 saturated carbocycles. The molecule has 2 aromatic carbocycles. The summed E-state index contributed by atoms with van der Waals surface area (Å²) in [6.07, 6.45) is -0.187. The number of H-pyrrole nitrogens is 1. The summed E-state index contributed by atoms with van der Waals surface area (Å²) in [4.78, 5) is 3.56. The molecule has 1 aromatic heterocycles. The number of hydrogen-bond acceptors (Lipinski definition) is 3. The Kier molecular flexibility index (Phi) is 5.74. The Morgan fingerprint density at radius 1 is 1.08 bits per heavy atom. The molecule has 1 heterocycles. The van der Waals surface area contributed by atoms with Crippen LogP contribution in [-0.2, 0) is 16.0 Å². The third-order valence-electron chi connectivity index (χ3n) is 4.68. The van der Waals surface area contributed by atoms with E-state index >= 15 is 0 Å². The van der Waals surface area contributed by atoms with Crippen molar-refractivity contribution >= 4 is 21.8 Å². The molecule has 0 atom stereocenters. The van der Waals surface area contributed by atoms with E-state index in [-0.39, 0.29) is 6.29 Å². The number of rotatable bonds is 8. The number of aryl methyl sites for hydroxylation is 2. The van der Waals surface area contributed by atoms with E-state index < -0.39 is 0 Å². The molecule has 0 aliphatic heterocycles. The van der Waals surface area contributed by atoms with Crippen LogP contribution in [0.4, 0.5) is 0 Å². The summed E-state index contributed by atoms with van der Waals surface area (Å²) >= 11 is 0. The van der Waals surface area contributed by atoms with Crippen molar-refractivity contribution in [2.45, 2.75) is 40.5 Å². The molecule has 0 saturated heterocycles. The van der Waals surface area contributed by atoms with Crippen LogP contribution >= 0.6 is 0 Å². The van der Waals surface area contributed by atoms with Gasteiger partial charge in [-0.05, 0) is 50.5 Å². The van der Waals surface area contributed by atoms with Gasteiger partial charge in [-0.2, -0.15) is 0 Å². The first-order valence-corrected chi connectivity index (χ1v) is 9.09. The van der Waals surface area contributed by atoms with E-state index in [1.165, 1.54) is 38.5 Å². The highest BCUT2D eigenvalue weighted by atomic mass is 16.7. The van der Waals surface area contributed by atoms with Gasteiger partial charge in [-0.1, -0.05) is 24.3 Å². The Morgan fingerprint density at radius 2 is 1.80 bits per heavy atom. The molecular weight excluding hydrogens is 312 g/mol. The van der Waals surface area contributed by atoms with Crippen molar-refractivity contribution in [1.82, 2.24) is 10.3 Å². The van der Waals surface area contributed by atoms with Gasteiger partial charge in [-0.15, -0.1) is 0 Å². The highest BCUT2D eigenvalue weighted by Gasteiger charge is 2.13. The summed E-state index contributed by atoms with van der Waals surface area (Å²) in [5.74, 6) is 0. The first-order valence-electron chi connectivity index (χ1n) is 9.09. The van der Waals surface area contributed by atoms with Crippen LogP contribution in [0.5, 0.6) is 0 Å². The fourth-order valence-corrected chi connectivity index (χ4v) is 3.48. The van der Waals surface area contributed by atoms with E-state index in [0.29, 0.717) is 19.8 Å². The summed E-state index contributed by atoms with van der Waals surface area (Å²) in [6.45, 7) is 11.2. The number of aromatic nitrogens is 1. The van der Waals surface area contributed by atoms with Crippen molar-refractivity contribution in [2.24, 2.45) is 0 Å². The van der Waals surface area contributed by atoms with Crippen LogP contribution in [0.1, 0.15) is 30.5 Å². The molecule has 0 amide bonds. The first kappa shape index (κ1) is 17.9. The maximum atomic E-state index is 5.60. The Hall–Kier alpha value is -1.88. The lowest BCUT2D eigenvalue weighted by Gasteiger charge is -2.18. The summed E-state index contributed by atoms with van der Waals surface area (Å²) in [6, 6.07) is 10.8. The monoisotopic (exact) mass is 340 g/mol. The summed E-state index contributed by atoms with van der Waals surface area (Å²) < 4.78 is 11.2. The molecule has 3 aromatic rings. The minimum atomic E-state index is -0.187. The highest BCUT2D eigenvalue weighted by molar-refractivity contribution is 6.10. The number of benzene rings is 2. The van der Waals surface area contributed by atoms with Gasteiger partial charge in [0.1, 0.15) is 0 Å². The third kappa shape index (κ3) is 3.71. The van der Waals surface area contributed by atoms with E-state index in [1.807, 2.05) is 13.8 Å². The minimum Gasteiger partial charge on any atom is -0.354 e. The number of aromatic amines is 1. The first-order chi connectivity index (χ1) is 12.2. The van der Waals surface area contributed by atoms with Crippen LogP contribution in [0.2, 0.25) is 0 Å². The quantitative estimate of drug-likeness (QED) is 0.597.